The van der Waals surface area contributed by atoms with Crippen LogP contribution in [-0.4, -0.2) is 47.1 Å². The molecule has 0 fully saturated rings. The van der Waals surface area contributed by atoms with Gasteiger partial charge in [-0.05, 0) is 17.7 Å². The molecular weight excluding hydrogens is 442 g/mol. The number of sulfonamides is 1. The molecule has 2 aromatic rings. The number of nitro benzene ring substituents is 1. The number of carbonyl (C=O) groups excluding carboxylic acids is 1. The van der Waals surface area contributed by atoms with E-state index in [9.17, 15) is 23.3 Å². The molecule has 32 heavy (non-hydrogen) atoms. The van der Waals surface area contributed by atoms with Crippen LogP contribution in [0.5, 0.6) is 17.2 Å². The van der Waals surface area contributed by atoms with E-state index in [0.29, 0.717) is 11.3 Å². The van der Waals surface area contributed by atoms with Gasteiger partial charge in [-0.25, -0.2) is 13.1 Å². The molecular formula is C20H23N3O8S. The highest BCUT2D eigenvalue weighted by Gasteiger charge is 2.32. The molecule has 0 radical (unpaired) electrons. The van der Waals surface area contributed by atoms with Crippen molar-refractivity contribution in [3.05, 3.63) is 64.2 Å². The molecule has 2 N–H and O–H groups in total. The lowest BCUT2D eigenvalue weighted by Crippen LogP contribution is -2.25. The Kier molecular flexibility index (Phi) is 8.15. The lowest BCUT2D eigenvalue weighted by atomic mass is 10.1. The Bertz CT molecular complexity index is 1110. The van der Waals surface area contributed by atoms with E-state index in [4.69, 9.17) is 14.2 Å². The first kappa shape index (κ1) is 24.6. The maximum Gasteiger partial charge on any atom is 0.327 e. The van der Waals surface area contributed by atoms with Crippen molar-refractivity contribution in [2.75, 3.05) is 33.2 Å². The number of methoxy groups -OCH3 is 3. The second kappa shape index (κ2) is 10.6. The molecule has 12 heteroatoms. The zero-order chi connectivity index (χ0) is 23.9. The minimum atomic E-state index is -3.54. The highest BCUT2D eigenvalue weighted by molar-refractivity contribution is 7.88. The number of hydrogen-bond acceptors (Lipinski definition) is 8. The Morgan fingerprint density at radius 1 is 1.12 bits per heavy atom. The van der Waals surface area contributed by atoms with Crippen molar-refractivity contribution in [3.8, 4) is 17.2 Å². The molecule has 0 heterocycles. The van der Waals surface area contributed by atoms with Gasteiger partial charge in [0, 0.05) is 18.3 Å². The van der Waals surface area contributed by atoms with Crippen LogP contribution in [-0.2, 0) is 15.8 Å². The van der Waals surface area contributed by atoms with Crippen LogP contribution in [0.25, 0.3) is 0 Å². The summed E-state index contributed by atoms with van der Waals surface area (Å²) >= 11 is 0. The van der Waals surface area contributed by atoms with Gasteiger partial charge in [0.15, 0.2) is 5.75 Å². The molecule has 0 aliphatic rings. The first-order valence-corrected chi connectivity index (χ1v) is 10.8. The highest BCUT2D eigenvalue weighted by Crippen LogP contribution is 2.46. The van der Waals surface area contributed by atoms with Crippen molar-refractivity contribution in [3.63, 3.8) is 0 Å². The van der Waals surface area contributed by atoms with E-state index in [-0.39, 0.29) is 35.1 Å². The van der Waals surface area contributed by atoms with Crippen LogP contribution in [0.2, 0.25) is 0 Å². The summed E-state index contributed by atoms with van der Waals surface area (Å²) in [6, 6.07) is 7.19. The summed E-state index contributed by atoms with van der Waals surface area (Å²) in [5.74, 6) is -1.24. The van der Waals surface area contributed by atoms with Gasteiger partial charge < -0.3 is 19.5 Å². The van der Waals surface area contributed by atoms with Crippen LogP contribution in [0.1, 0.15) is 15.9 Å². The van der Waals surface area contributed by atoms with Gasteiger partial charge in [-0.2, -0.15) is 0 Å². The van der Waals surface area contributed by atoms with Crippen molar-refractivity contribution >= 4 is 27.3 Å². The smallest absolute Gasteiger partial charge is 0.327 e. The van der Waals surface area contributed by atoms with E-state index in [1.54, 1.807) is 0 Å². The summed E-state index contributed by atoms with van der Waals surface area (Å²) in [7, 11) is 0.286. The van der Waals surface area contributed by atoms with Crippen LogP contribution >= 0.6 is 0 Å². The number of nitrogens with zero attached hydrogens (tertiary/aromatic N) is 1. The Labute approximate surface area is 185 Å². The second-order valence-corrected chi connectivity index (χ2v) is 8.15. The fraction of sp³-hybridized carbons (Fsp3) is 0.250. The van der Waals surface area contributed by atoms with E-state index in [1.807, 2.05) is 0 Å². The van der Waals surface area contributed by atoms with Crippen LogP contribution in [0.3, 0.4) is 0 Å². The molecule has 0 atom stereocenters. The van der Waals surface area contributed by atoms with Crippen LogP contribution in [0.4, 0.5) is 11.4 Å². The minimum Gasteiger partial charge on any atom is -0.493 e. The summed E-state index contributed by atoms with van der Waals surface area (Å²) < 4.78 is 41.7. The first-order valence-electron chi connectivity index (χ1n) is 9.13. The van der Waals surface area contributed by atoms with Gasteiger partial charge in [-0.3, -0.25) is 14.9 Å². The Balaban J connectivity index is 2.33. The van der Waals surface area contributed by atoms with E-state index >= 15 is 0 Å². The number of carbonyl (C=O) groups is 1. The zero-order valence-corrected chi connectivity index (χ0v) is 18.5. The van der Waals surface area contributed by atoms with Crippen LogP contribution < -0.4 is 24.2 Å². The minimum absolute atomic E-state index is 0.0196. The lowest BCUT2D eigenvalue weighted by Gasteiger charge is -2.15. The van der Waals surface area contributed by atoms with Crippen molar-refractivity contribution < 1.29 is 32.3 Å². The summed E-state index contributed by atoms with van der Waals surface area (Å²) in [6.07, 6.45) is 1.43. The largest absolute Gasteiger partial charge is 0.493 e. The predicted molar refractivity (Wildman–Crippen MR) is 118 cm³/mol. The summed E-state index contributed by atoms with van der Waals surface area (Å²) in [5.41, 5.74) is -0.0972. The average Bonchev–Trinajstić information content (AvgIpc) is 2.76. The predicted octanol–water partition coefficient (Wildman–Crippen LogP) is 2.48. The molecule has 0 bridgehead atoms. The van der Waals surface area contributed by atoms with E-state index in [1.165, 1.54) is 57.7 Å². The molecule has 0 aliphatic heterocycles. The van der Waals surface area contributed by atoms with E-state index < -0.39 is 26.5 Å². The van der Waals surface area contributed by atoms with Crippen molar-refractivity contribution in [1.29, 1.82) is 0 Å². The number of anilines is 1. The van der Waals surface area contributed by atoms with Gasteiger partial charge in [-0.15, -0.1) is 6.58 Å². The Morgan fingerprint density at radius 2 is 1.75 bits per heavy atom. The third-order valence-corrected chi connectivity index (χ3v) is 5.57. The monoisotopic (exact) mass is 465 g/mol. The zero-order valence-electron chi connectivity index (χ0n) is 17.7. The fourth-order valence-corrected chi connectivity index (χ4v) is 3.94. The van der Waals surface area contributed by atoms with Gasteiger partial charge in [-0.1, -0.05) is 18.2 Å². The number of amides is 1. The van der Waals surface area contributed by atoms with Gasteiger partial charge >= 0.3 is 5.69 Å². The third-order valence-electron chi connectivity index (χ3n) is 4.25. The number of benzene rings is 2. The Hall–Kier alpha value is -3.64. The molecule has 0 saturated heterocycles. The number of ether oxygens (including phenoxy) is 3. The molecule has 0 aliphatic carbocycles. The molecule has 0 spiro atoms. The topological polar surface area (TPSA) is 146 Å². The van der Waals surface area contributed by atoms with Gasteiger partial charge in [0.25, 0.3) is 5.91 Å². The number of nitrogens with one attached hydrogen (secondary N) is 2. The maximum atomic E-state index is 12.8. The van der Waals surface area contributed by atoms with Gasteiger partial charge in [0.05, 0.1) is 32.0 Å². The molecule has 2 aromatic carbocycles. The molecule has 11 nitrogen and oxygen atoms in total. The van der Waals surface area contributed by atoms with Gasteiger partial charge in [0.2, 0.25) is 21.5 Å². The summed E-state index contributed by atoms with van der Waals surface area (Å²) in [6.45, 7) is 3.57. The van der Waals surface area contributed by atoms with Crippen molar-refractivity contribution in [2.45, 2.75) is 5.75 Å². The summed E-state index contributed by atoms with van der Waals surface area (Å²) in [4.78, 5) is 23.7. The van der Waals surface area contributed by atoms with Crippen molar-refractivity contribution in [1.82, 2.24) is 4.72 Å². The standard InChI is InChI=1S/C20H23N3O8S/c1-5-10-21-32(27,28)12-13-6-8-14(9-7-13)22-20(24)15-11-16(29-2)18(30-3)19(31-4)17(15)23(25)26/h5-9,11,21H,1,10,12H2,2-4H3,(H,22,24). The average molecular weight is 465 g/mol. The SMILES string of the molecule is C=CCNS(=O)(=O)Cc1ccc(NC(=O)c2cc(OC)c(OC)c(OC)c2[N+](=O)[O-])cc1. The molecule has 1 amide bonds. The van der Waals surface area contributed by atoms with Gasteiger partial charge in [0.1, 0.15) is 5.56 Å². The van der Waals surface area contributed by atoms with Crippen molar-refractivity contribution in [2.24, 2.45) is 0 Å². The quantitative estimate of drug-likeness (QED) is 0.292. The number of rotatable bonds is 11. The highest BCUT2D eigenvalue weighted by atomic mass is 32.2. The molecule has 0 aromatic heterocycles. The molecule has 0 saturated carbocycles. The lowest BCUT2D eigenvalue weighted by molar-refractivity contribution is -0.386. The van der Waals surface area contributed by atoms with E-state index in [2.05, 4.69) is 16.6 Å². The van der Waals surface area contributed by atoms with Crippen LogP contribution in [0, 0.1) is 10.1 Å². The molecule has 172 valence electrons. The Morgan fingerprint density at radius 3 is 2.25 bits per heavy atom. The normalized spacial score (nSPS) is 10.8. The fourth-order valence-electron chi connectivity index (χ4n) is 2.83. The second-order valence-electron chi connectivity index (χ2n) is 6.35. The first-order chi connectivity index (χ1) is 15.2. The third kappa shape index (κ3) is 5.74. The number of hydrogen-bond donors (Lipinski definition) is 2. The maximum absolute atomic E-state index is 12.8. The number of nitro groups is 1. The molecule has 2 rings (SSSR count). The summed E-state index contributed by atoms with van der Waals surface area (Å²) in [5, 5.41) is 14.2. The van der Waals surface area contributed by atoms with Crippen LogP contribution in [0.15, 0.2) is 43.0 Å². The van der Waals surface area contributed by atoms with E-state index in [0.717, 1.165) is 0 Å². The molecule has 0 unspecified atom stereocenters.